The average Bonchev–Trinajstić information content (AvgIpc) is 2.99. The standard InChI is InChI=1S/C17H12FN5O2/c1-9-4-10(2-3-14(9)18)12-7-21-15(5-11(12)6-19)23-8-13(17(24)25)16(20)22-23/h2-5,7-8H,1H3,(H2,20,22)(H,24,25). The van der Waals surface area contributed by atoms with E-state index in [4.69, 9.17) is 10.8 Å². The molecule has 0 aliphatic heterocycles. The number of benzene rings is 1. The highest BCUT2D eigenvalue weighted by Crippen LogP contribution is 2.26. The van der Waals surface area contributed by atoms with Gasteiger partial charge >= 0.3 is 5.97 Å². The van der Waals surface area contributed by atoms with Crippen molar-refractivity contribution in [2.45, 2.75) is 6.92 Å². The number of hydrogen-bond acceptors (Lipinski definition) is 5. The molecule has 0 saturated heterocycles. The van der Waals surface area contributed by atoms with Crippen LogP contribution in [0.15, 0.2) is 36.7 Å². The number of halogens is 1. The molecule has 2 heterocycles. The Balaban J connectivity index is 2.09. The van der Waals surface area contributed by atoms with Crippen LogP contribution >= 0.6 is 0 Å². The van der Waals surface area contributed by atoms with Crippen molar-refractivity contribution in [2.24, 2.45) is 0 Å². The van der Waals surface area contributed by atoms with Crippen molar-refractivity contribution in [3.63, 3.8) is 0 Å². The van der Waals surface area contributed by atoms with Crippen molar-refractivity contribution in [3.05, 3.63) is 59.2 Å². The summed E-state index contributed by atoms with van der Waals surface area (Å²) in [5.74, 6) is -1.44. The molecule has 1 aromatic carbocycles. The number of carboxylic acids is 1. The van der Waals surface area contributed by atoms with Gasteiger partial charge in [-0.3, -0.25) is 0 Å². The molecular formula is C17H12FN5O2. The number of carbonyl (C=O) groups is 1. The summed E-state index contributed by atoms with van der Waals surface area (Å²) >= 11 is 0. The quantitative estimate of drug-likeness (QED) is 0.758. The smallest absolute Gasteiger partial charge is 0.341 e. The molecule has 0 unspecified atom stereocenters. The Bertz CT molecular complexity index is 1040. The molecule has 0 saturated carbocycles. The van der Waals surface area contributed by atoms with E-state index in [1.54, 1.807) is 19.1 Å². The van der Waals surface area contributed by atoms with Gasteiger partial charge in [0.25, 0.3) is 0 Å². The van der Waals surface area contributed by atoms with Crippen LogP contribution in [0.4, 0.5) is 10.2 Å². The molecule has 2 aromatic heterocycles. The number of aryl methyl sites for hydroxylation is 1. The minimum absolute atomic E-state index is 0.147. The number of carboxylic acid groups (broad SMARTS) is 1. The Morgan fingerprint density at radius 1 is 1.40 bits per heavy atom. The molecule has 0 radical (unpaired) electrons. The zero-order valence-corrected chi connectivity index (χ0v) is 13.1. The Labute approximate surface area is 141 Å². The van der Waals surface area contributed by atoms with Gasteiger partial charge in [-0.25, -0.2) is 18.9 Å². The topological polar surface area (TPSA) is 118 Å². The van der Waals surface area contributed by atoms with E-state index in [1.807, 2.05) is 0 Å². The number of nitrogens with two attached hydrogens (primary N) is 1. The van der Waals surface area contributed by atoms with E-state index in [1.165, 1.54) is 29.2 Å². The Hall–Kier alpha value is -3.73. The average molecular weight is 337 g/mol. The van der Waals surface area contributed by atoms with E-state index < -0.39 is 5.97 Å². The van der Waals surface area contributed by atoms with Crippen molar-refractivity contribution in [3.8, 4) is 23.0 Å². The molecule has 7 nitrogen and oxygen atoms in total. The van der Waals surface area contributed by atoms with Gasteiger partial charge in [-0.05, 0) is 30.2 Å². The predicted molar refractivity (Wildman–Crippen MR) is 87.6 cm³/mol. The van der Waals surface area contributed by atoms with E-state index in [2.05, 4.69) is 16.2 Å². The lowest BCUT2D eigenvalue weighted by molar-refractivity contribution is 0.0698. The van der Waals surface area contributed by atoms with E-state index in [0.717, 1.165) is 0 Å². The number of nitriles is 1. The summed E-state index contributed by atoms with van der Waals surface area (Å²) in [7, 11) is 0. The zero-order valence-electron chi connectivity index (χ0n) is 13.1. The first kappa shape index (κ1) is 16.1. The molecule has 0 atom stereocenters. The maximum absolute atomic E-state index is 13.4. The highest BCUT2D eigenvalue weighted by molar-refractivity contribution is 5.92. The van der Waals surface area contributed by atoms with Gasteiger partial charge in [0.15, 0.2) is 11.6 Å². The molecule has 3 rings (SSSR count). The lowest BCUT2D eigenvalue weighted by atomic mass is 10.0. The van der Waals surface area contributed by atoms with Crippen molar-refractivity contribution >= 4 is 11.8 Å². The number of nitrogen functional groups attached to an aromatic ring is 1. The summed E-state index contributed by atoms with van der Waals surface area (Å²) in [5, 5.41) is 22.4. The summed E-state index contributed by atoms with van der Waals surface area (Å²) in [5.41, 5.74) is 7.34. The largest absolute Gasteiger partial charge is 0.477 e. The molecule has 0 bridgehead atoms. The number of aromatic carboxylic acids is 1. The van der Waals surface area contributed by atoms with Crippen LogP contribution in [0.5, 0.6) is 0 Å². The lowest BCUT2D eigenvalue weighted by Crippen LogP contribution is -2.01. The first-order valence-electron chi connectivity index (χ1n) is 7.16. The second kappa shape index (κ2) is 6.05. The molecular weight excluding hydrogens is 325 g/mol. The molecule has 3 N–H and O–H groups in total. The van der Waals surface area contributed by atoms with Crippen molar-refractivity contribution in [1.82, 2.24) is 14.8 Å². The Kier molecular flexibility index (Phi) is 3.91. The molecule has 3 aromatic rings. The summed E-state index contributed by atoms with van der Waals surface area (Å²) in [6.45, 7) is 1.63. The first-order valence-corrected chi connectivity index (χ1v) is 7.16. The highest BCUT2D eigenvalue weighted by atomic mass is 19.1. The van der Waals surface area contributed by atoms with E-state index in [9.17, 15) is 14.4 Å². The molecule has 25 heavy (non-hydrogen) atoms. The maximum Gasteiger partial charge on any atom is 0.341 e. The monoisotopic (exact) mass is 337 g/mol. The molecule has 0 aliphatic carbocycles. The van der Waals surface area contributed by atoms with Gasteiger partial charge in [0, 0.05) is 24.0 Å². The predicted octanol–water partition coefficient (Wildman–Crippen LogP) is 2.53. The van der Waals surface area contributed by atoms with Crippen LogP contribution < -0.4 is 5.73 Å². The van der Waals surface area contributed by atoms with E-state index in [0.29, 0.717) is 22.3 Å². The third-order valence-electron chi connectivity index (χ3n) is 3.69. The normalized spacial score (nSPS) is 10.4. The molecule has 0 aliphatic rings. The van der Waals surface area contributed by atoms with Gasteiger partial charge in [-0.2, -0.15) is 5.26 Å². The third-order valence-corrected chi connectivity index (χ3v) is 3.69. The number of anilines is 1. The number of nitrogens with zero attached hydrogens (tertiary/aromatic N) is 4. The van der Waals surface area contributed by atoms with Crippen LogP contribution in [-0.4, -0.2) is 25.8 Å². The van der Waals surface area contributed by atoms with Crippen LogP contribution in [0.2, 0.25) is 0 Å². The molecule has 0 fully saturated rings. The number of pyridine rings is 1. The summed E-state index contributed by atoms with van der Waals surface area (Å²) in [4.78, 5) is 15.3. The highest BCUT2D eigenvalue weighted by Gasteiger charge is 2.16. The minimum atomic E-state index is -1.21. The summed E-state index contributed by atoms with van der Waals surface area (Å²) in [6, 6.07) is 8.04. The van der Waals surface area contributed by atoms with Gasteiger partial charge in [0.1, 0.15) is 11.4 Å². The van der Waals surface area contributed by atoms with Gasteiger partial charge in [-0.1, -0.05) is 6.07 Å². The van der Waals surface area contributed by atoms with Crippen molar-refractivity contribution in [1.29, 1.82) is 5.26 Å². The van der Waals surface area contributed by atoms with E-state index in [-0.39, 0.29) is 23.0 Å². The van der Waals surface area contributed by atoms with Crippen LogP contribution in [-0.2, 0) is 0 Å². The van der Waals surface area contributed by atoms with Crippen LogP contribution in [0.1, 0.15) is 21.5 Å². The van der Waals surface area contributed by atoms with E-state index >= 15 is 0 Å². The second-order valence-corrected chi connectivity index (χ2v) is 5.34. The first-order chi connectivity index (χ1) is 11.9. The number of hydrogen-bond donors (Lipinski definition) is 2. The van der Waals surface area contributed by atoms with Crippen LogP contribution in [0, 0.1) is 24.1 Å². The van der Waals surface area contributed by atoms with Crippen molar-refractivity contribution < 1.29 is 14.3 Å². The Morgan fingerprint density at radius 3 is 2.76 bits per heavy atom. The van der Waals surface area contributed by atoms with Gasteiger partial charge in [0.05, 0.1) is 11.6 Å². The molecule has 124 valence electrons. The van der Waals surface area contributed by atoms with Crippen LogP contribution in [0.25, 0.3) is 16.9 Å². The molecule has 8 heteroatoms. The number of rotatable bonds is 3. The second-order valence-electron chi connectivity index (χ2n) is 5.34. The fourth-order valence-electron chi connectivity index (χ4n) is 2.37. The lowest BCUT2D eigenvalue weighted by Gasteiger charge is -2.08. The van der Waals surface area contributed by atoms with Crippen LogP contribution in [0.3, 0.4) is 0 Å². The molecule has 0 amide bonds. The SMILES string of the molecule is Cc1cc(-c2cnc(-n3cc(C(=O)O)c(N)n3)cc2C#N)ccc1F. The van der Waals surface area contributed by atoms with Gasteiger partial charge < -0.3 is 10.8 Å². The fourth-order valence-corrected chi connectivity index (χ4v) is 2.37. The van der Waals surface area contributed by atoms with Gasteiger partial charge in [-0.15, -0.1) is 5.10 Å². The zero-order chi connectivity index (χ0) is 18.1. The third kappa shape index (κ3) is 2.90. The molecule has 0 spiro atoms. The van der Waals surface area contributed by atoms with Gasteiger partial charge in [0.2, 0.25) is 0 Å². The number of aromatic nitrogens is 3. The maximum atomic E-state index is 13.4. The summed E-state index contributed by atoms with van der Waals surface area (Å²) in [6.07, 6.45) is 2.68. The van der Waals surface area contributed by atoms with Crippen molar-refractivity contribution in [2.75, 3.05) is 5.73 Å². The Morgan fingerprint density at radius 2 is 2.16 bits per heavy atom. The fraction of sp³-hybridized carbons (Fsp3) is 0.0588. The minimum Gasteiger partial charge on any atom is -0.477 e. The summed E-state index contributed by atoms with van der Waals surface area (Å²) < 4.78 is 14.6.